The minimum atomic E-state index is -0.551. The summed E-state index contributed by atoms with van der Waals surface area (Å²) in [7, 11) is 3.12. The highest BCUT2D eigenvalue weighted by Crippen LogP contribution is 2.29. The van der Waals surface area contributed by atoms with E-state index in [1.807, 2.05) is 24.3 Å². The lowest BCUT2D eigenvalue weighted by molar-refractivity contribution is -0.112. The fraction of sp³-hybridized carbons (Fsp3) is 0.308. The van der Waals surface area contributed by atoms with Crippen molar-refractivity contribution in [3.8, 4) is 29.1 Å². The van der Waals surface area contributed by atoms with Crippen LogP contribution in [0.2, 0.25) is 0 Å². The summed E-state index contributed by atoms with van der Waals surface area (Å²) in [5, 5.41) is 21.4. The maximum Gasteiger partial charge on any atom is 0.268 e. The van der Waals surface area contributed by atoms with Gasteiger partial charge in [-0.2, -0.15) is 5.26 Å². The number of aromatic nitrogens is 2. The molecule has 0 aliphatic heterocycles. The monoisotopic (exact) mass is 508 g/mol. The largest absolute Gasteiger partial charge is 0.497 e. The van der Waals surface area contributed by atoms with E-state index in [0.717, 1.165) is 24.3 Å². The number of nitrogens with one attached hydrogen (secondary N) is 1. The first-order valence-electron chi connectivity index (χ1n) is 11.4. The van der Waals surface area contributed by atoms with E-state index in [4.69, 9.17) is 18.9 Å². The molecule has 0 fully saturated rings. The molecule has 0 spiro atoms. The van der Waals surface area contributed by atoms with Crippen LogP contribution in [0.3, 0.4) is 0 Å². The molecule has 1 amide bonds. The van der Waals surface area contributed by atoms with Gasteiger partial charge >= 0.3 is 0 Å². The predicted octanol–water partition coefficient (Wildman–Crippen LogP) is 4.90. The number of anilines is 1. The van der Waals surface area contributed by atoms with Crippen molar-refractivity contribution in [2.24, 2.45) is 0 Å². The molecular weight excluding hydrogens is 480 g/mol. The van der Waals surface area contributed by atoms with Crippen LogP contribution in [0, 0.1) is 11.3 Å². The van der Waals surface area contributed by atoms with E-state index in [2.05, 4.69) is 22.4 Å². The Kier molecular flexibility index (Phi) is 10.1. The van der Waals surface area contributed by atoms with Crippen molar-refractivity contribution >= 4 is 28.5 Å². The zero-order valence-electron chi connectivity index (χ0n) is 20.4. The molecule has 36 heavy (non-hydrogen) atoms. The van der Waals surface area contributed by atoms with Gasteiger partial charge in [0.15, 0.2) is 11.5 Å². The summed E-state index contributed by atoms with van der Waals surface area (Å²) in [6.07, 6.45) is 4.34. The van der Waals surface area contributed by atoms with Crippen LogP contribution >= 0.6 is 11.3 Å². The number of ether oxygens (including phenoxy) is 4. The quantitative estimate of drug-likeness (QED) is 0.197. The van der Waals surface area contributed by atoms with Gasteiger partial charge in [0, 0.05) is 12.5 Å². The molecule has 3 rings (SSSR count). The number of hydrogen-bond acceptors (Lipinski definition) is 9. The first-order chi connectivity index (χ1) is 17.6. The summed E-state index contributed by atoms with van der Waals surface area (Å²) in [5.41, 5.74) is 0.544. The van der Waals surface area contributed by atoms with Crippen LogP contribution in [0.5, 0.6) is 23.0 Å². The number of methoxy groups -OCH3 is 2. The lowest BCUT2D eigenvalue weighted by Gasteiger charge is -2.12. The van der Waals surface area contributed by atoms with Gasteiger partial charge in [-0.3, -0.25) is 10.1 Å². The summed E-state index contributed by atoms with van der Waals surface area (Å²) in [6, 6.07) is 14.4. The molecule has 0 atom stereocenters. The second-order valence-corrected chi connectivity index (χ2v) is 8.58. The highest BCUT2D eigenvalue weighted by Gasteiger charge is 2.14. The van der Waals surface area contributed by atoms with Crippen LogP contribution in [0.25, 0.3) is 6.08 Å². The van der Waals surface area contributed by atoms with E-state index in [1.165, 1.54) is 24.5 Å². The number of aryl methyl sites for hydroxylation is 1. The topological polar surface area (TPSA) is 116 Å². The molecule has 0 unspecified atom stereocenters. The molecular formula is C26H28N4O5S. The van der Waals surface area contributed by atoms with Crippen molar-refractivity contribution in [2.45, 2.75) is 26.2 Å². The minimum absolute atomic E-state index is 0.0669. The molecule has 0 saturated heterocycles. The van der Waals surface area contributed by atoms with Gasteiger partial charge in [-0.25, -0.2) is 0 Å². The molecule has 1 heterocycles. The summed E-state index contributed by atoms with van der Waals surface area (Å²) in [4.78, 5) is 12.6. The fourth-order valence-corrected chi connectivity index (χ4v) is 3.88. The van der Waals surface area contributed by atoms with E-state index in [9.17, 15) is 10.1 Å². The average molecular weight is 509 g/mol. The van der Waals surface area contributed by atoms with Gasteiger partial charge in [0.2, 0.25) is 5.13 Å². The zero-order valence-corrected chi connectivity index (χ0v) is 21.3. The molecule has 0 radical (unpaired) electrons. The third-order valence-corrected chi connectivity index (χ3v) is 5.84. The highest BCUT2D eigenvalue weighted by molar-refractivity contribution is 7.15. The van der Waals surface area contributed by atoms with E-state index in [0.29, 0.717) is 40.3 Å². The van der Waals surface area contributed by atoms with E-state index < -0.39 is 5.91 Å². The van der Waals surface area contributed by atoms with Crippen molar-refractivity contribution in [3.05, 3.63) is 58.6 Å². The summed E-state index contributed by atoms with van der Waals surface area (Å²) in [6.45, 7) is 2.71. The van der Waals surface area contributed by atoms with Gasteiger partial charge in [0.1, 0.15) is 41.4 Å². The fourth-order valence-electron chi connectivity index (χ4n) is 3.11. The maximum absolute atomic E-state index is 12.6. The molecule has 9 nitrogen and oxygen atoms in total. The second-order valence-electron chi connectivity index (χ2n) is 7.51. The van der Waals surface area contributed by atoms with Crippen LogP contribution in [-0.4, -0.2) is 43.5 Å². The van der Waals surface area contributed by atoms with Crippen molar-refractivity contribution in [1.82, 2.24) is 10.2 Å². The Morgan fingerprint density at radius 3 is 2.61 bits per heavy atom. The Bertz CT molecular complexity index is 1240. The normalized spacial score (nSPS) is 10.9. The van der Waals surface area contributed by atoms with Gasteiger partial charge in [0.05, 0.1) is 14.2 Å². The zero-order chi connectivity index (χ0) is 25.8. The van der Waals surface area contributed by atoms with Gasteiger partial charge < -0.3 is 18.9 Å². The predicted molar refractivity (Wildman–Crippen MR) is 138 cm³/mol. The van der Waals surface area contributed by atoms with Gasteiger partial charge in [-0.05, 0) is 42.3 Å². The number of hydrogen-bond donors (Lipinski definition) is 1. The van der Waals surface area contributed by atoms with E-state index in [1.54, 1.807) is 31.4 Å². The number of unbranched alkanes of at least 4 members (excludes halogenated alkanes) is 1. The molecule has 188 valence electrons. The van der Waals surface area contributed by atoms with Gasteiger partial charge in [-0.15, -0.1) is 10.2 Å². The third kappa shape index (κ3) is 7.71. The number of nitriles is 1. The Labute approximate surface area is 214 Å². The number of carbonyl (C=O) groups is 1. The Hall–Kier alpha value is -4.10. The molecule has 1 N–H and O–H groups in total. The lowest BCUT2D eigenvalue weighted by atomic mass is 10.1. The van der Waals surface area contributed by atoms with Crippen molar-refractivity contribution in [2.75, 3.05) is 32.8 Å². The smallest absolute Gasteiger partial charge is 0.268 e. The summed E-state index contributed by atoms with van der Waals surface area (Å²) < 4.78 is 22.1. The Morgan fingerprint density at radius 1 is 1.06 bits per heavy atom. The maximum atomic E-state index is 12.6. The number of carbonyl (C=O) groups excluding carboxylic acids is 1. The molecule has 0 aliphatic carbocycles. The summed E-state index contributed by atoms with van der Waals surface area (Å²) in [5.74, 6) is 1.82. The Morgan fingerprint density at radius 2 is 1.86 bits per heavy atom. The van der Waals surface area contributed by atoms with Crippen LogP contribution < -0.4 is 24.3 Å². The molecule has 0 aliphatic rings. The van der Waals surface area contributed by atoms with E-state index in [-0.39, 0.29) is 12.2 Å². The van der Waals surface area contributed by atoms with E-state index >= 15 is 0 Å². The molecule has 1 aromatic heterocycles. The number of benzene rings is 2. The number of nitrogens with zero attached hydrogens (tertiary/aromatic N) is 3. The first kappa shape index (κ1) is 26.5. The third-order valence-electron chi connectivity index (χ3n) is 4.95. The van der Waals surface area contributed by atoms with Crippen molar-refractivity contribution < 1.29 is 23.7 Å². The molecule has 0 saturated carbocycles. The minimum Gasteiger partial charge on any atom is -0.497 e. The van der Waals surface area contributed by atoms with Crippen LogP contribution in [0.1, 0.15) is 30.3 Å². The van der Waals surface area contributed by atoms with Crippen LogP contribution in [-0.2, 0) is 11.2 Å². The Balaban J connectivity index is 1.59. The second kappa shape index (κ2) is 13.7. The standard InChI is InChI=1S/C26H28N4O5S/c1-4-5-9-24-29-30-26(36-24)28-25(31)19(17-27)14-18-10-11-22(23(15-18)33-3)35-13-12-34-21-8-6-7-20(16-21)32-2/h6-8,10-11,14-16H,4-5,9,12-13H2,1-3H3,(H,28,30,31)/b19-14-. The average Bonchev–Trinajstić information content (AvgIpc) is 3.35. The van der Waals surface area contributed by atoms with Crippen LogP contribution in [0.4, 0.5) is 5.13 Å². The van der Waals surface area contributed by atoms with Crippen molar-refractivity contribution in [1.29, 1.82) is 5.26 Å². The molecule has 0 bridgehead atoms. The van der Waals surface area contributed by atoms with Gasteiger partial charge in [0.25, 0.3) is 5.91 Å². The number of amides is 1. The highest BCUT2D eigenvalue weighted by atomic mass is 32.1. The summed E-state index contributed by atoms with van der Waals surface area (Å²) >= 11 is 1.31. The van der Waals surface area contributed by atoms with Crippen LogP contribution in [0.15, 0.2) is 48.0 Å². The first-order valence-corrected chi connectivity index (χ1v) is 12.2. The number of rotatable bonds is 13. The lowest BCUT2D eigenvalue weighted by Crippen LogP contribution is -2.13. The van der Waals surface area contributed by atoms with Crippen molar-refractivity contribution in [3.63, 3.8) is 0 Å². The molecule has 10 heteroatoms. The SMILES string of the molecule is CCCCc1nnc(NC(=O)/C(C#N)=C\c2ccc(OCCOc3cccc(OC)c3)c(OC)c2)s1. The molecule has 3 aromatic rings. The van der Waals surface area contributed by atoms with Gasteiger partial charge in [-0.1, -0.05) is 36.8 Å². The molecule has 2 aromatic carbocycles.